The Hall–Kier alpha value is -2.93. The molecule has 0 saturated carbocycles. The van der Waals surface area contributed by atoms with Crippen molar-refractivity contribution in [3.8, 4) is 5.75 Å². The fraction of sp³-hybridized carbons (Fsp3) is 0.316. The van der Waals surface area contributed by atoms with Crippen LogP contribution in [0.3, 0.4) is 0 Å². The number of aryl methyl sites for hydroxylation is 1. The minimum absolute atomic E-state index is 0.0726. The second-order valence-electron chi connectivity index (χ2n) is 5.80. The molecule has 1 N–H and O–H groups in total. The molecule has 0 saturated heterocycles. The van der Waals surface area contributed by atoms with E-state index in [0.717, 1.165) is 17.0 Å². The molecule has 0 spiro atoms. The maximum atomic E-state index is 12.3. The van der Waals surface area contributed by atoms with Crippen LogP contribution in [0.15, 0.2) is 42.6 Å². The first-order valence-electron chi connectivity index (χ1n) is 8.44. The highest BCUT2D eigenvalue weighted by Gasteiger charge is 2.13. The van der Waals surface area contributed by atoms with E-state index in [0.29, 0.717) is 37.4 Å². The van der Waals surface area contributed by atoms with Crippen molar-refractivity contribution in [1.29, 1.82) is 0 Å². The summed E-state index contributed by atoms with van der Waals surface area (Å²) in [4.78, 5) is 21.3. The number of amides is 1. The van der Waals surface area contributed by atoms with Gasteiger partial charge in [-0.1, -0.05) is 6.07 Å². The van der Waals surface area contributed by atoms with E-state index in [1.54, 1.807) is 26.5 Å². The van der Waals surface area contributed by atoms with Crippen molar-refractivity contribution >= 4 is 22.8 Å². The van der Waals surface area contributed by atoms with Crippen LogP contribution in [0.4, 0.5) is 5.69 Å². The molecule has 0 fully saturated rings. The Labute approximate surface area is 152 Å². The number of pyridine rings is 1. The van der Waals surface area contributed by atoms with Crippen molar-refractivity contribution in [2.24, 2.45) is 0 Å². The lowest BCUT2D eigenvalue weighted by Gasteiger charge is -2.09. The van der Waals surface area contributed by atoms with Crippen LogP contribution in [0.5, 0.6) is 5.75 Å². The fourth-order valence-corrected chi connectivity index (χ4v) is 2.76. The Bertz CT molecular complexity index is 891. The number of rotatable bonds is 8. The molecule has 0 radical (unpaired) electrons. The molecule has 26 heavy (non-hydrogen) atoms. The van der Waals surface area contributed by atoms with E-state index in [1.165, 1.54) is 0 Å². The van der Waals surface area contributed by atoms with Crippen molar-refractivity contribution in [3.63, 3.8) is 0 Å². The summed E-state index contributed by atoms with van der Waals surface area (Å²) in [6.07, 6.45) is 2.59. The van der Waals surface area contributed by atoms with Crippen LogP contribution in [0, 0.1) is 0 Å². The third kappa shape index (κ3) is 4.18. The summed E-state index contributed by atoms with van der Waals surface area (Å²) >= 11 is 0. The zero-order valence-corrected chi connectivity index (χ0v) is 14.9. The number of methoxy groups -OCH3 is 2. The van der Waals surface area contributed by atoms with Gasteiger partial charge in [0.25, 0.3) is 0 Å². The van der Waals surface area contributed by atoms with Gasteiger partial charge < -0.3 is 19.4 Å². The molecule has 1 aromatic carbocycles. The number of benzene rings is 1. The van der Waals surface area contributed by atoms with Gasteiger partial charge in [-0.05, 0) is 24.3 Å². The molecule has 1 amide bonds. The number of hydrogen-bond donors (Lipinski definition) is 1. The van der Waals surface area contributed by atoms with Gasteiger partial charge >= 0.3 is 0 Å². The van der Waals surface area contributed by atoms with E-state index < -0.39 is 0 Å². The molecule has 7 nitrogen and oxygen atoms in total. The first-order chi connectivity index (χ1) is 12.7. The molecule has 136 valence electrons. The first kappa shape index (κ1) is 17.9. The largest absolute Gasteiger partial charge is 0.497 e. The zero-order chi connectivity index (χ0) is 18.4. The molecular weight excluding hydrogens is 332 g/mol. The van der Waals surface area contributed by atoms with Gasteiger partial charge in [0.1, 0.15) is 17.1 Å². The summed E-state index contributed by atoms with van der Waals surface area (Å²) in [5, 5.41) is 2.89. The summed E-state index contributed by atoms with van der Waals surface area (Å²) in [5.41, 5.74) is 2.35. The minimum atomic E-state index is -0.0726. The predicted molar refractivity (Wildman–Crippen MR) is 99.3 cm³/mol. The van der Waals surface area contributed by atoms with Crippen LogP contribution < -0.4 is 10.1 Å². The molecule has 3 aromatic rings. The Kier molecular flexibility index (Phi) is 5.80. The minimum Gasteiger partial charge on any atom is -0.497 e. The summed E-state index contributed by atoms with van der Waals surface area (Å²) in [7, 11) is 3.26. The van der Waals surface area contributed by atoms with Gasteiger partial charge in [-0.2, -0.15) is 0 Å². The lowest BCUT2D eigenvalue weighted by Crippen LogP contribution is -2.15. The lowest BCUT2D eigenvalue weighted by atomic mass is 10.2. The number of nitrogens with one attached hydrogen (secondary N) is 1. The van der Waals surface area contributed by atoms with Crippen LogP contribution in [0.2, 0.25) is 0 Å². The third-order valence-corrected chi connectivity index (χ3v) is 4.03. The highest BCUT2D eigenvalue weighted by Crippen LogP contribution is 2.18. The van der Waals surface area contributed by atoms with E-state index in [-0.39, 0.29) is 5.91 Å². The number of hydrogen-bond acceptors (Lipinski definition) is 5. The van der Waals surface area contributed by atoms with Gasteiger partial charge in [0.05, 0.1) is 13.7 Å². The standard InChI is InChI=1S/C19H22N4O3/c1-25-12-11-23-17(22-16-7-4-10-20-19(16)23)8-9-18(24)21-14-5-3-6-15(13-14)26-2/h3-7,10,13H,8-9,11-12H2,1-2H3,(H,21,24). The van der Waals surface area contributed by atoms with E-state index in [2.05, 4.69) is 15.3 Å². The quantitative estimate of drug-likeness (QED) is 0.673. The van der Waals surface area contributed by atoms with Gasteiger partial charge in [0.15, 0.2) is 5.65 Å². The molecule has 0 aliphatic rings. The monoisotopic (exact) mass is 354 g/mol. The second-order valence-corrected chi connectivity index (χ2v) is 5.80. The molecule has 0 aliphatic heterocycles. The van der Waals surface area contributed by atoms with Crippen LogP contribution in [-0.4, -0.2) is 41.3 Å². The van der Waals surface area contributed by atoms with Crippen molar-refractivity contribution in [2.75, 3.05) is 26.1 Å². The molecule has 0 unspecified atom stereocenters. The maximum Gasteiger partial charge on any atom is 0.224 e. The van der Waals surface area contributed by atoms with Crippen LogP contribution in [0.1, 0.15) is 12.2 Å². The molecule has 3 rings (SSSR count). The summed E-state index contributed by atoms with van der Waals surface area (Å²) in [5.74, 6) is 1.46. The summed E-state index contributed by atoms with van der Waals surface area (Å²) in [6, 6.07) is 11.1. The first-order valence-corrected chi connectivity index (χ1v) is 8.44. The fourth-order valence-electron chi connectivity index (χ4n) is 2.76. The smallest absolute Gasteiger partial charge is 0.224 e. The van der Waals surface area contributed by atoms with Crippen molar-refractivity contribution < 1.29 is 14.3 Å². The molecule has 0 bridgehead atoms. The molecule has 2 heterocycles. The van der Waals surface area contributed by atoms with E-state index in [4.69, 9.17) is 9.47 Å². The van der Waals surface area contributed by atoms with Crippen molar-refractivity contribution in [2.45, 2.75) is 19.4 Å². The molecular formula is C19H22N4O3. The highest BCUT2D eigenvalue weighted by atomic mass is 16.5. The Morgan fingerprint density at radius 2 is 2.12 bits per heavy atom. The number of anilines is 1. The van der Waals surface area contributed by atoms with Gasteiger partial charge in [0.2, 0.25) is 5.91 Å². The number of carbonyl (C=O) groups excluding carboxylic acids is 1. The van der Waals surface area contributed by atoms with Crippen LogP contribution in [-0.2, 0) is 22.5 Å². The van der Waals surface area contributed by atoms with Gasteiger partial charge in [-0.25, -0.2) is 9.97 Å². The third-order valence-electron chi connectivity index (χ3n) is 4.03. The summed E-state index contributed by atoms with van der Waals surface area (Å²) in [6.45, 7) is 1.21. The Morgan fingerprint density at radius 1 is 1.23 bits per heavy atom. The molecule has 0 aliphatic carbocycles. The topological polar surface area (TPSA) is 78.3 Å². The maximum absolute atomic E-state index is 12.3. The molecule has 0 atom stereocenters. The summed E-state index contributed by atoms with van der Waals surface area (Å²) < 4.78 is 12.4. The van der Waals surface area contributed by atoms with Crippen LogP contribution in [0.25, 0.3) is 11.2 Å². The number of fused-ring (bicyclic) bond motifs is 1. The van der Waals surface area contributed by atoms with E-state index in [9.17, 15) is 4.79 Å². The number of nitrogens with zero attached hydrogens (tertiary/aromatic N) is 3. The number of aromatic nitrogens is 3. The zero-order valence-electron chi connectivity index (χ0n) is 14.9. The second kappa shape index (κ2) is 8.44. The Morgan fingerprint density at radius 3 is 2.92 bits per heavy atom. The number of carbonyl (C=O) groups is 1. The van der Waals surface area contributed by atoms with E-state index >= 15 is 0 Å². The Balaban J connectivity index is 1.69. The van der Waals surface area contributed by atoms with Crippen molar-refractivity contribution in [1.82, 2.24) is 14.5 Å². The average molecular weight is 354 g/mol. The van der Waals surface area contributed by atoms with Gasteiger partial charge in [-0.15, -0.1) is 0 Å². The van der Waals surface area contributed by atoms with E-state index in [1.807, 2.05) is 34.9 Å². The SMILES string of the molecule is COCCn1c(CCC(=O)Nc2cccc(OC)c2)nc2cccnc21. The number of imidazole rings is 1. The molecule has 7 heteroatoms. The average Bonchev–Trinajstić information content (AvgIpc) is 3.02. The highest BCUT2D eigenvalue weighted by molar-refractivity contribution is 5.91. The van der Waals surface area contributed by atoms with Crippen LogP contribution >= 0.6 is 0 Å². The lowest BCUT2D eigenvalue weighted by molar-refractivity contribution is -0.116. The van der Waals surface area contributed by atoms with Gasteiger partial charge in [-0.3, -0.25) is 4.79 Å². The number of ether oxygens (including phenoxy) is 2. The van der Waals surface area contributed by atoms with Crippen molar-refractivity contribution in [3.05, 3.63) is 48.4 Å². The molecule has 2 aromatic heterocycles. The predicted octanol–water partition coefficient (Wildman–Crippen LogP) is 2.66. The normalized spacial score (nSPS) is 10.8. The van der Waals surface area contributed by atoms with Gasteiger partial charge in [0, 0.05) is 44.4 Å².